The van der Waals surface area contributed by atoms with Gasteiger partial charge in [0, 0.05) is 17.6 Å². The van der Waals surface area contributed by atoms with Gasteiger partial charge in [0.05, 0.1) is 22.1 Å². The highest BCUT2D eigenvalue weighted by atomic mass is 35.5. The number of hydrogen-bond acceptors (Lipinski definition) is 4. The van der Waals surface area contributed by atoms with Gasteiger partial charge in [-0.2, -0.15) is 0 Å². The van der Waals surface area contributed by atoms with E-state index in [1.807, 2.05) is 12.1 Å². The minimum Gasteiger partial charge on any atom is -0.493 e. The van der Waals surface area contributed by atoms with Crippen molar-refractivity contribution in [1.82, 2.24) is 4.98 Å². The fourth-order valence-electron chi connectivity index (χ4n) is 1.50. The number of aromatic nitrogens is 1. The van der Waals surface area contributed by atoms with Gasteiger partial charge < -0.3 is 9.84 Å². The van der Waals surface area contributed by atoms with Crippen LogP contribution in [0.15, 0.2) is 30.5 Å². The Bertz CT molecular complexity index is 531. The Balaban J connectivity index is 1.86. The van der Waals surface area contributed by atoms with Crippen LogP contribution in [0.5, 0.6) is 5.75 Å². The Hall–Kier alpha value is -1.10. The van der Waals surface area contributed by atoms with Gasteiger partial charge in [0.15, 0.2) is 0 Å². The van der Waals surface area contributed by atoms with Crippen LogP contribution in [-0.2, 0) is 12.0 Å². The molecule has 0 bridgehead atoms. The molecule has 0 unspecified atom stereocenters. The summed E-state index contributed by atoms with van der Waals surface area (Å²) >= 11 is 7.31. The number of halogens is 1. The van der Waals surface area contributed by atoms with E-state index in [4.69, 9.17) is 16.3 Å². The van der Waals surface area contributed by atoms with Crippen molar-refractivity contribution in [2.45, 2.75) is 25.9 Å². The molecule has 2 rings (SSSR count). The van der Waals surface area contributed by atoms with Crippen molar-refractivity contribution >= 4 is 22.9 Å². The van der Waals surface area contributed by atoms with E-state index in [-0.39, 0.29) is 0 Å². The third kappa shape index (κ3) is 4.20. The van der Waals surface area contributed by atoms with Gasteiger partial charge in [-0.1, -0.05) is 11.6 Å². The summed E-state index contributed by atoms with van der Waals surface area (Å²) in [4.78, 5) is 5.15. The van der Waals surface area contributed by atoms with Crippen LogP contribution in [0.2, 0.25) is 5.02 Å². The Kier molecular flexibility index (Phi) is 4.45. The molecule has 1 aromatic heterocycles. The summed E-state index contributed by atoms with van der Waals surface area (Å²) in [5, 5.41) is 11.5. The van der Waals surface area contributed by atoms with E-state index in [1.165, 1.54) is 11.3 Å². The first kappa shape index (κ1) is 14.3. The van der Waals surface area contributed by atoms with Crippen molar-refractivity contribution in [3.63, 3.8) is 0 Å². The van der Waals surface area contributed by atoms with E-state index in [0.717, 1.165) is 22.1 Å². The van der Waals surface area contributed by atoms with Gasteiger partial charge in [0.25, 0.3) is 0 Å². The zero-order chi connectivity index (χ0) is 13.9. The fraction of sp³-hybridized carbons (Fsp3) is 0.357. The highest BCUT2D eigenvalue weighted by Crippen LogP contribution is 2.26. The van der Waals surface area contributed by atoms with Crippen LogP contribution in [-0.4, -0.2) is 16.7 Å². The highest BCUT2D eigenvalue weighted by molar-refractivity contribution is 7.11. The van der Waals surface area contributed by atoms with E-state index >= 15 is 0 Å². The molecule has 5 heteroatoms. The van der Waals surface area contributed by atoms with Crippen LogP contribution < -0.4 is 4.74 Å². The summed E-state index contributed by atoms with van der Waals surface area (Å²) in [5.74, 6) is 0.795. The number of benzene rings is 1. The fourth-order valence-corrected chi connectivity index (χ4v) is 2.52. The predicted octanol–water partition coefficient (Wildman–Crippen LogP) is 3.65. The Morgan fingerprint density at radius 3 is 2.58 bits per heavy atom. The van der Waals surface area contributed by atoms with Crippen molar-refractivity contribution in [2.75, 3.05) is 6.61 Å². The third-order valence-corrected chi connectivity index (χ3v) is 4.18. The predicted molar refractivity (Wildman–Crippen MR) is 78.0 cm³/mol. The maximum Gasteiger partial charge on any atom is 0.119 e. The van der Waals surface area contributed by atoms with Gasteiger partial charge in [0.1, 0.15) is 5.75 Å². The molecule has 0 saturated carbocycles. The molecule has 0 aliphatic heterocycles. The first-order valence-electron chi connectivity index (χ1n) is 6.01. The lowest BCUT2D eigenvalue weighted by molar-refractivity contribution is 0.0823. The molecule has 3 nitrogen and oxygen atoms in total. The summed E-state index contributed by atoms with van der Waals surface area (Å²) in [6.07, 6.45) is 2.45. The molecule has 0 saturated heterocycles. The van der Waals surface area contributed by atoms with Gasteiger partial charge >= 0.3 is 0 Å². The molecule has 102 valence electrons. The van der Waals surface area contributed by atoms with E-state index in [9.17, 15) is 5.11 Å². The molecule has 0 aliphatic rings. The lowest BCUT2D eigenvalue weighted by atomic mass is 10.1. The topological polar surface area (TPSA) is 42.4 Å². The number of rotatable bonds is 5. The minimum absolute atomic E-state index is 0.556. The molecule has 1 N–H and O–H groups in total. The van der Waals surface area contributed by atoms with E-state index in [1.54, 1.807) is 32.2 Å². The lowest BCUT2D eigenvalue weighted by Crippen LogP contribution is -2.12. The standard InChI is InChI=1S/C14H16ClNO2S/c1-14(2,17)12-9-16-13(19-12)7-8-18-11-5-3-10(15)4-6-11/h3-6,9,17H,7-8H2,1-2H3. The van der Waals surface area contributed by atoms with Crippen molar-refractivity contribution in [2.24, 2.45) is 0 Å². The highest BCUT2D eigenvalue weighted by Gasteiger charge is 2.19. The van der Waals surface area contributed by atoms with Crippen LogP contribution in [0.3, 0.4) is 0 Å². The molecule has 2 aromatic rings. The molecular formula is C14H16ClNO2S. The summed E-state index contributed by atoms with van der Waals surface area (Å²) < 4.78 is 5.61. The van der Waals surface area contributed by atoms with Gasteiger partial charge in [-0.05, 0) is 38.1 Å². The smallest absolute Gasteiger partial charge is 0.119 e. The van der Waals surface area contributed by atoms with Gasteiger partial charge in [-0.3, -0.25) is 0 Å². The number of ether oxygens (including phenoxy) is 1. The average Bonchev–Trinajstić information content (AvgIpc) is 2.80. The Morgan fingerprint density at radius 2 is 2.00 bits per heavy atom. The summed E-state index contributed by atoms with van der Waals surface area (Å²) in [5.41, 5.74) is -0.826. The maximum atomic E-state index is 9.86. The molecule has 0 radical (unpaired) electrons. The second-order valence-corrected chi connectivity index (χ2v) is 6.28. The molecule has 19 heavy (non-hydrogen) atoms. The number of thiazole rings is 1. The Labute approximate surface area is 121 Å². The quantitative estimate of drug-likeness (QED) is 0.916. The SMILES string of the molecule is CC(C)(O)c1cnc(CCOc2ccc(Cl)cc2)s1. The summed E-state index contributed by atoms with van der Waals surface area (Å²) in [6, 6.07) is 7.28. The van der Waals surface area contributed by atoms with Crippen LogP contribution >= 0.6 is 22.9 Å². The first-order chi connectivity index (χ1) is 8.95. The van der Waals surface area contributed by atoms with Crippen LogP contribution in [0, 0.1) is 0 Å². The van der Waals surface area contributed by atoms with E-state index < -0.39 is 5.60 Å². The zero-order valence-electron chi connectivity index (χ0n) is 10.9. The molecule has 0 atom stereocenters. The number of aliphatic hydroxyl groups is 1. The molecule has 1 aromatic carbocycles. The van der Waals surface area contributed by atoms with E-state index in [2.05, 4.69) is 4.98 Å². The summed E-state index contributed by atoms with van der Waals surface area (Å²) in [6.45, 7) is 4.07. The molecular weight excluding hydrogens is 282 g/mol. The Morgan fingerprint density at radius 1 is 1.32 bits per heavy atom. The second kappa shape index (κ2) is 5.90. The van der Waals surface area contributed by atoms with Crippen molar-refractivity contribution < 1.29 is 9.84 Å². The maximum absolute atomic E-state index is 9.86. The molecule has 1 heterocycles. The monoisotopic (exact) mass is 297 g/mol. The number of hydrogen-bond donors (Lipinski definition) is 1. The van der Waals surface area contributed by atoms with Crippen LogP contribution in [0.1, 0.15) is 23.7 Å². The van der Waals surface area contributed by atoms with Gasteiger partial charge in [0.2, 0.25) is 0 Å². The van der Waals surface area contributed by atoms with Crippen LogP contribution in [0.25, 0.3) is 0 Å². The molecule has 0 aliphatic carbocycles. The first-order valence-corrected chi connectivity index (χ1v) is 7.20. The normalized spacial score (nSPS) is 11.6. The average molecular weight is 298 g/mol. The van der Waals surface area contributed by atoms with Crippen molar-refractivity contribution in [1.29, 1.82) is 0 Å². The summed E-state index contributed by atoms with van der Waals surface area (Å²) in [7, 11) is 0. The van der Waals surface area contributed by atoms with Crippen LogP contribution in [0.4, 0.5) is 0 Å². The van der Waals surface area contributed by atoms with Gasteiger partial charge in [-0.25, -0.2) is 4.98 Å². The second-order valence-electron chi connectivity index (χ2n) is 4.73. The van der Waals surface area contributed by atoms with Crippen molar-refractivity contribution in [3.8, 4) is 5.75 Å². The lowest BCUT2D eigenvalue weighted by Gasteiger charge is -2.13. The van der Waals surface area contributed by atoms with Crippen molar-refractivity contribution in [3.05, 3.63) is 45.4 Å². The number of nitrogens with zero attached hydrogens (tertiary/aromatic N) is 1. The largest absolute Gasteiger partial charge is 0.493 e. The molecule has 0 spiro atoms. The third-order valence-electron chi connectivity index (χ3n) is 2.55. The molecule has 0 fully saturated rings. The van der Waals surface area contributed by atoms with Gasteiger partial charge in [-0.15, -0.1) is 11.3 Å². The zero-order valence-corrected chi connectivity index (χ0v) is 12.5. The molecule has 0 amide bonds. The van der Waals surface area contributed by atoms with E-state index in [0.29, 0.717) is 11.6 Å². The minimum atomic E-state index is -0.826.